The number of imidazole rings is 1. The van der Waals surface area contributed by atoms with Crippen LogP contribution < -0.4 is 10.9 Å². The Balaban J connectivity index is 1.37. The minimum Gasteiger partial charge on any atom is -0.381 e. The van der Waals surface area contributed by atoms with E-state index in [4.69, 9.17) is 4.74 Å². The minimum atomic E-state index is -0.183. The number of carbonyl (C=O) groups excluding carboxylic acids is 1. The van der Waals surface area contributed by atoms with Crippen molar-refractivity contribution >= 4 is 17.1 Å². The summed E-state index contributed by atoms with van der Waals surface area (Å²) in [6.07, 6.45) is 5.96. The normalized spacial score (nSPS) is 14.9. The molecule has 0 radical (unpaired) electrons. The number of aromatic nitrogens is 4. The van der Waals surface area contributed by atoms with E-state index in [1.165, 1.54) is 0 Å². The fourth-order valence-electron chi connectivity index (χ4n) is 3.72. The Morgan fingerprint density at radius 3 is 2.90 bits per heavy atom. The number of fused-ring (bicyclic) bond motifs is 1. The fourth-order valence-corrected chi connectivity index (χ4v) is 3.72. The third-order valence-corrected chi connectivity index (χ3v) is 5.37. The number of rotatable bonds is 6. The number of amides is 1. The Hall–Kier alpha value is -3.00. The van der Waals surface area contributed by atoms with Crippen LogP contribution in [0, 0.1) is 6.92 Å². The van der Waals surface area contributed by atoms with Crippen LogP contribution in [-0.4, -0.2) is 44.8 Å². The first kappa shape index (κ1) is 19.3. The van der Waals surface area contributed by atoms with Gasteiger partial charge >= 0.3 is 0 Å². The molecule has 8 nitrogen and oxygen atoms in total. The lowest BCUT2D eigenvalue weighted by Gasteiger charge is -2.23. The Kier molecular flexibility index (Phi) is 5.71. The van der Waals surface area contributed by atoms with Gasteiger partial charge in [0.05, 0.1) is 11.9 Å². The average molecular weight is 395 g/mol. The lowest BCUT2D eigenvalue weighted by atomic mass is 10.1. The SMILES string of the molecule is Cc1cccc(=O)n1CCCNC(=O)c1cnc2c(c1)ncn2C1CCOCC1. The summed E-state index contributed by atoms with van der Waals surface area (Å²) in [5.41, 5.74) is 2.90. The summed E-state index contributed by atoms with van der Waals surface area (Å²) in [4.78, 5) is 33.3. The Labute approximate surface area is 168 Å². The Morgan fingerprint density at radius 2 is 2.10 bits per heavy atom. The number of nitrogens with zero attached hydrogens (tertiary/aromatic N) is 4. The van der Waals surface area contributed by atoms with Crippen LogP contribution in [0.15, 0.2) is 41.6 Å². The molecule has 0 aromatic carbocycles. The molecule has 1 aliphatic rings. The molecule has 29 heavy (non-hydrogen) atoms. The molecule has 4 rings (SSSR count). The van der Waals surface area contributed by atoms with Gasteiger partial charge in [-0.05, 0) is 38.3 Å². The number of hydrogen-bond donors (Lipinski definition) is 1. The first-order valence-electron chi connectivity index (χ1n) is 9.98. The van der Waals surface area contributed by atoms with E-state index < -0.39 is 0 Å². The molecule has 1 saturated heterocycles. The second-order valence-corrected chi connectivity index (χ2v) is 7.33. The highest BCUT2D eigenvalue weighted by Crippen LogP contribution is 2.24. The van der Waals surface area contributed by atoms with Gasteiger partial charge in [0.15, 0.2) is 5.65 Å². The van der Waals surface area contributed by atoms with Gasteiger partial charge in [-0.3, -0.25) is 9.59 Å². The molecule has 0 spiro atoms. The number of carbonyl (C=O) groups is 1. The van der Waals surface area contributed by atoms with Gasteiger partial charge in [0.25, 0.3) is 11.5 Å². The molecule has 1 N–H and O–H groups in total. The van der Waals surface area contributed by atoms with E-state index >= 15 is 0 Å². The zero-order valence-electron chi connectivity index (χ0n) is 16.5. The second-order valence-electron chi connectivity index (χ2n) is 7.33. The molecule has 1 fully saturated rings. The van der Waals surface area contributed by atoms with E-state index in [0.29, 0.717) is 31.1 Å². The number of hydrogen-bond acceptors (Lipinski definition) is 5. The van der Waals surface area contributed by atoms with Crippen LogP contribution in [0.3, 0.4) is 0 Å². The summed E-state index contributed by atoms with van der Waals surface area (Å²) < 4.78 is 9.22. The highest BCUT2D eigenvalue weighted by atomic mass is 16.5. The van der Waals surface area contributed by atoms with Crippen molar-refractivity contribution in [3.8, 4) is 0 Å². The zero-order valence-corrected chi connectivity index (χ0v) is 16.5. The van der Waals surface area contributed by atoms with E-state index in [9.17, 15) is 9.59 Å². The number of ether oxygens (including phenoxy) is 1. The van der Waals surface area contributed by atoms with Gasteiger partial charge in [0.2, 0.25) is 0 Å². The monoisotopic (exact) mass is 395 g/mol. The van der Waals surface area contributed by atoms with E-state index in [2.05, 4.69) is 19.9 Å². The fraction of sp³-hybridized carbons (Fsp3) is 0.429. The minimum absolute atomic E-state index is 0.0221. The molecule has 152 valence electrons. The van der Waals surface area contributed by atoms with Gasteiger partial charge < -0.3 is 19.2 Å². The average Bonchev–Trinajstić information content (AvgIpc) is 3.16. The van der Waals surface area contributed by atoms with Gasteiger partial charge in [-0.2, -0.15) is 0 Å². The molecule has 0 saturated carbocycles. The van der Waals surface area contributed by atoms with Crippen molar-refractivity contribution in [2.24, 2.45) is 0 Å². The molecule has 0 atom stereocenters. The molecule has 4 heterocycles. The molecule has 0 bridgehead atoms. The second kappa shape index (κ2) is 8.57. The van der Waals surface area contributed by atoms with Crippen LogP contribution in [0.25, 0.3) is 11.2 Å². The van der Waals surface area contributed by atoms with Gasteiger partial charge in [0.1, 0.15) is 5.52 Å². The predicted molar refractivity (Wildman–Crippen MR) is 109 cm³/mol. The van der Waals surface area contributed by atoms with Crippen LogP contribution in [0.2, 0.25) is 0 Å². The van der Waals surface area contributed by atoms with Crippen molar-refractivity contribution < 1.29 is 9.53 Å². The van der Waals surface area contributed by atoms with Crippen molar-refractivity contribution in [2.75, 3.05) is 19.8 Å². The van der Waals surface area contributed by atoms with E-state index in [0.717, 1.165) is 42.9 Å². The van der Waals surface area contributed by atoms with Crippen LogP contribution in [-0.2, 0) is 11.3 Å². The molecule has 3 aromatic rings. The summed E-state index contributed by atoms with van der Waals surface area (Å²) in [6, 6.07) is 7.32. The zero-order chi connectivity index (χ0) is 20.2. The van der Waals surface area contributed by atoms with Gasteiger partial charge in [-0.25, -0.2) is 9.97 Å². The first-order valence-corrected chi connectivity index (χ1v) is 9.98. The molecule has 1 aliphatic heterocycles. The topological polar surface area (TPSA) is 91.0 Å². The lowest BCUT2D eigenvalue weighted by Crippen LogP contribution is -2.27. The Morgan fingerprint density at radius 1 is 1.28 bits per heavy atom. The predicted octanol–water partition coefficient (Wildman–Crippen LogP) is 2.07. The molecule has 0 aliphatic carbocycles. The summed E-state index contributed by atoms with van der Waals surface area (Å²) in [5, 5.41) is 2.90. The molecular weight excluding hydrogens is 370 g/mol. The highest BCUT2D eigenvalue weighted by Gasteiger charge is 2.19. The van der Waals surface area contributed by atoms with Crippen LogP contribution in [0.5, 0.6) is 0 Å². The first-order chi connectivity index (χ1) is 14.1. The van der Waals surface area contributed by atoms with Crippen LogP contribution in [0.1, 0.15) is 41.4 Å². The molecule has 8 heteroatoms. The van der Waals surface area contributed by atoms with Gasteiger partial charge in [-0.15, -0.1) is 0 Å². The summed E-state index contributed by atoms with van der Waals surface area (Å²) >= 11 is 0. The standard InChI is InChI=1S/C21H25N5O3/c1-15-4-2-5-19(27)25(15)9-3-8-22-21(28)16-12-18-20(23-13-16)26(14-24-18)17-6-10-29-11-7-17/h2,4-5,12-14,17H,3,6-11H2,1H3,(H,22,28). The maximum Gasteiger partial charge on any atom is 0.252 e. The van der Waals surface area contributed by atoms with E-state index in [1.54, 1.807) is 35.3 Å². The molecular formula is C21H25N5O3. The van der Waals surface area contributed by atoms with Crippen molar-refractivity contribution in [3.05, 3.63) is 58.4 Å². The van der Waals surface area contributed by atoms with E-state index in [1.807, 2.05) is 13.0 Å². The van der Waals surface area contributed by atoms with E-state index in [-0.39, 0.29) is 11.5 Å². The van der Waals surface area contributed by atoms with Gasteiger partial charge in [-0.1, -0.05) is 6.07 Å². The molecule has 0 unspecified atom stereocenters. The summed E-state index contributed by atoms with van der Waals surface area (Å²) in [7, 11) is 0. The third kappa shape index (κ3) is 4.22. The highest BCUT2D eigenvalue weighted by molar-refractivity contribution is 5.96. The van der Waals surface area contributed by atoms with Crippen molar-refractivity contribution in [1.29, 1.82) is 0 Å². The number of aryl methyl sites for hydroxylation is 1. The number of pyridine rings is 2. The lowest BCUT2D eigenvalue weighted by molar-refractivity contribution is 0.0704. The van der Waals surface area contributed by atoms with Crippen LogP contribution in [0.4, 0.5) is 0 Å². The number of nitrogens with one attached hydrogen (secondary N) is 1. The summed E-state index contributed by atoms with van der Waals surface area (Å²) in [5.74, 6) is -0.183. The van der Waals surface area contributed by atoms with Crippen molar-refractivity contribution in [3.63, 3.8) is 0 Å². The largest absolute Gasteiger partial charge is 0.381 e. The molecule has 3 aromatic heterocycles. The van der Waals surface area contributed by atoms with Crippen molar-refractivity contribution in [1.82, 2.24) is 24.4 Å². The van der Waals surface area contributed by atoms with Crippen molar-refractivity contribution in [2.45, 2.75) is 38.8 Å². The maximum absolute atomic E-state index is 12.5. The molecule has 1 amide bonds. The Bertz CT molecular complexity index is 1070. The summed E-state index contributed by atoms with van der Waals surface area (Å²) in [6.45, 7) is 4.45. The van der Waals surface area contributed by atoms with Gasteiger partial charge in [0, 0.05) is 50.3 Å². The smallest absolute Gasteiger partial charge is 0.252 e. The quantitative estimate of drug-likeness (QED) is 0.645. The maximum atomic E-state index is 12.5. The third-order valence-electron chi connectivity index (χ3n) is 5.37. The van der Waals surface area contributed by atoms with Crippen LogP contribution >= 0.6 is 0 Å².